The van der Waals surface area contributed by atoms with Crippen molar-refractivity contribution in [3.05, 3.63) is 48.0 Å². The predicted molar refractivity (Wildman–Crippen MR) is 81.8 cm³/mol. The molecule has 5 nitrogen and oxygen atoms in total. The van der Waals surface area contributed by atoms with Crippen LogP contribution in [0.3, 0.4) is 0 Å². The van der Waals surface area contributed by atoms with Crippen molar-refractivity contribution >= 4 is 15.7 Å². The summed E-state index contributed by atoms with van der Waals surface area (Å²) in [7, 11) is -1.53. The largest absolute Gasteiger partial charge is 0.497 e. The summed E-state index contributed by atoms with van der Waals surface area (Å²) in [6.07, 6.45) is -4.57. The molecule has 0 saturated heterocycles. The van der Waals surface area contributed by atoms with E-state index in [4.69, 9.17) is 9.47 Å². The van der Waals surface area contributed by atoms with Gasteiger partial charge in [-0.3, -0.25) is 4.72 Å². The Labute approximate surface area is 137 Å². The Balaban J connectivity index is 2.42. The molecule has 0 aromatic heterocycles. The monoisotopic (exact) mass is 361 g/mol. The van der Waals surface area contributed by atoms with Crippen molar-refractivity contribution in [2.24, 2.45) is 0 Å². The molecule has 0 heterocycles. The van der Waals surface area contributed by atoms with Gasteiger partial charge in [-0.1, -0.05) is 6.07 Å². The molecular weight excluding hydrogens is 347 g/mol. The first-order valence-corrected chi connectivity index (χ1v) is 8.08. The summed E-state index contributed by atoms with van der Waals surface area (Å²) in [5, 5.41) is 0. The molecule has 0 radical (unpaired) electrons. The van der Waals surface area contributed by atoms with Crippen molar-refractivity contribution in [1.29, 1.82) is 0 Å². The van der Waals surface area contributed by atoms with E-state index in [-0.39, 0.29) is 22.1 Å². The minimum Gasteiger partial charge on any atom is -0.497 e. The highest BCUT2D eigenvalue weighted by atomic mass is 32.2. The van der Waals surface area contributed by atoms with E-state index in [1.165, 1.54) is 38.5 Å². The first-order valence-electron chi connectivity index (χ1n) is 6.59. The van der Waals surface area contributed by atoms with Gasteiger partial charge in [-0.05, 0) is 30.3 Å². The number of alkyl halides is 3. The van der Waals surface area contributed by atoms with Crippen LogP contribution < -0.4 is 14.2 Å². The maximum atomic E-state index is 12.7. The number of halogens is 3. The van der Waals surface area contributed by atoms with E-state index in [1.54, 1.807) is 0 Å². The predicted octanol–water partition coefficient (Wildman–Crippen LogP) is 3.52. The molecule has 0 amide bonds. The fourth-order valence-corrected chi connectivity index (χ4v) is 3.20. The Morgan fingerprint density at radius 1 is 1.00 bits per heavy atom. The highest BCUT2D eigenvalue weighted by Crippen LogP contribution is 2.33. The van der Waals surface area contributed by atoms with E-state index in [2.05, 4.69) is 4.72 Å². The zero-order valence-corrected chi connectivity index (χ0v) is 13.5. The Bertz CT molecular complexity index is 835. The van der Waals surface area contributed by atoms with Crippen LogP contribution in [0.5, 0.6) is 11.5 Å². The van der Waals surface area contributed by atoms with Crippen LogP contribution in [0.4, 0.5) is 18.9 Å². The zero-order chi connectivity index (χ0) is 18.0. The molecule has 0 bridgehead atoms. The van der Waals surface area contributed by atoms with Crippen LogP contribution in [-0.4, -0.2) is 22.6 Å². The average molecular weight is 361 g/mol. The van der Waals surface area contributed by atoms with Gasteiger partial charge in [0.25, 0.3) is 10.0 Å². The van der Waals surface area contributed by atoms with Crippen molar-refractivity contribution in [2.75, 3.05) is 18.9 Å². The standard InChI is InChI=1S/C15H14F3NO4S/c1-22-12-6-7-13(23-2)14(9-12)24(20,21)19-11-5-3-4-10(8-11)15(16,17)18/h3-9,19H,1-2H3. The maximum Gasteiger partial charge on any atom is 0.416 e. The van der Waals surface area contributed by atoms with Crippen LogP contribution in [0.2, 0.25) is 0 Å². The summed E-state index contributed by atoms with van der Waals surface area (Å²) in [6, 6.07) is 8.01. The van der Waals surface area contributed by atoms with Gasteiger partial charge in [0.2, 0.25) is 0 Å². The molecule has 0 fully saturated rings. The highest BCUT2D eigenvalue weighted by molar-refractivity contribution is 7.92. The summed E-state index contributed by atoms with van der Waals surface area (Å²) >= 11 is 0. The molecule has 0 unspecified atom stereocenters. The Morgan fingerprint density at radius 3 is 2.29 bits per heavy atom. The summed E-state index contributed by atoms with van der Waals surface area (Å²) in [6.45, 7) is 0. The third-order valence-corrected chi connectivity index (χ3v) is 4.50. The Hall–Kier alpha value is -2.42. The molecular formula is C15H14F3NO4S. The number of methoxy groups -OCH3 is 2. The molecule has 24 heavy (non-hydrogen) atoms. The summed E-state index contributed by atoms with van der Waals surface area (Å²) in [5.41, 5.74) is -1.17. The van der Waals surface area contributed by atoms with Crippen LogP contribution in [0.25, 0.3) is 0 Å². The number of hydrogen-bond donors (Lipinski definition) is 1. The average Bonchev–Trinajstić information content (AvgIpc) is 2.53. The van der Waals surface area contributed by atoms with E-state index in [9.17, 15) is 21.6 Å². The number of rotatable bonds is 5. The normalized spacial score (nSPS) is 11.9. The minimum absolute atomic E-state index is 0.0373. The van der Waals surface area contributed by atoms with Crippen molar-refractivity contribution in [1.82, 2.24) is 0 Å². The number of benzene rings is 2. The molecule has 0 aliphatic carbocycles. The van der Waals surface area contributed by atoms with Crippen molar-refractivity contribution in [3.63, 3.8) is 0 Å². The molecule has 0 atom stereocenters. The van der Waals surface area contributed by atoms with Gasteiger partial charge >= 0.3 is 6.18 Å². The van der Waals surface area contributed by atoms with Crippen molar-refractivity contribution in [2.45, 2.75) is 11.1 Å². The van der Waals surface area contributed by atoms with E-state index < -0.39 is 21.8 Å². The van der Waals surface area contributed by atoms with Gasteiger partial charge in [0.15, 0.2) is 0 Å². The van der Waals surface area contributed by atoms with Crippen LogP contribution in [0, 0.1) is 0 Å². The summed E-state index contributed by atoms with van der Waals surface area (Å²) in [5.74, 6) is 0.301. The minimum atomic E-state index is -4.57. The second kappa shape index (κ2) is 6.60. The summed E-state index contributed by atoms with van der Waals surface area (Å²) in [4.78, 5) is -0.248. The second-order valence-electron chi connectivity index (χ2n) is 4.70. The first kappa shape index (κ1) is 17.9. The number of sulfonamides is 1. The van der Waals surface area contributed by atoms with Crippen molar-refractivity contribution < 1.29 is 31.1 Å². The number of nitrogens with one attached hydrogen (secondary N) is 1. The van der Waals surface area contributed by atoms with Gasteiger partial charge < -0.3 is 9.47 Å². The van der Waals surface area contributed by atoms with Gasteiger partial charge in [0, 0.05) is 11.8 Å². The topological polar surface area (TPSA) is 64.6 Å². The lowest BCUT2D eigenvalue weighted by atomic mass is 10.2. The smallest absolute Gasteiger partial charge is 0.416 e. The zero-order valence-electron chi connectivity index (χ0n) is 12.7. The number of hydrogen-bond acceptors (Lipinski definition) is 4. The lowest BCUT2D eigenvalue weighted by Gasteiger charge is -2.14. The third-order valence-electron chi connectivity index (χ3n) is 3.10. The molecule has 0 spiro atoms. The van der Waals surface area contributed by atoms with Crippen LogP contribution in [0.15, 0.2) is 47.4 Å². The van der Waals surface area contributed by atoms with Gasteiger partial charge in [-0.15, -0.1) is 0 Å². The lowest BCUT2D eigenvalue weighted by Crippen LogP contribution is -2.15. The molecule has 0 aliphatic heterocycles. The third kappa shape index (κ3) is 3.91. The molecule has 1 N–H and O–H groups in total. The molecule has 2 rings (SSSR count). The van der Waals surface area contributed by atoms with Gasteiger partial charge in [-0.2, -0.15) is 13.2 Å². The SMILES string of the molecule is COc1ccc(OC)c(S(=O)(=O)Nc2cccc(C(F)(F)F)c2)c1. The Kier molecular flexibility index (Phi) is 4.93. The van der Waals surface area contributed by atoms with E-state index in [0.717, 1.165) is 12.1 Å². The maximum absolute atomic E-state index is 12.7. The van der Waals surface area contributed by atoms with Gasteiger partial charge in [-0.25, -0.2) is 8.42 Å². The quantitative estimate of drug-likeness (QED) is 0.885. The van der Waals surface area contributed by atoms with Crippen LogP contribution >= 0.6 is 0 Å². The van der Waals surface area contributed by atoms with E-state index in [1.807, 2.05) is 0 Å². The number of ether oxygens (including phenoxy) is 2. The van der Waals surface area contributed by atoms with Gasteiger partial charge in [0.1, 0.15) is 16.4 Å². The second-order valence-corrected chi connectivity index (χ2v) is 6.35. The molecule has 0 aliphatic rings. The fraction of sp³-hybridized carbons (Fsp3) is 0.200. The van der Waals surface area contributed by atoms with Gasteiger partial charge in [0.05, 0.1) is 19.8 Å². The molecule has 2 aromatic rings. The Morgan fingerprint density at radius 2 is 1.71 bits per heavy atom. The molecule has 2 aromatic carbocycles. The van der Waals surface area contributed by atoms with Crippen molar-refractivity contribution in [3.8, 4) is 11.5 Å². The van der Waals surface area contributed by atoms with Crippen LogP contribution in [0.1, 0.15) is 5.56 Å². The molecule has 9 heteroatoms. The van der Waals surface area contributed by atoms with Crippen LogP contribution in [-0.2, 0) is 16.2 Å². The summed E-state index contributed by atoms with van der Waals surface area (Å²) < 4.78 is 75.2. The lowest BCUT2D eigenvalue weighted by molar-refractivity contribution is -0.137. The highest BCUT2D eigenvalue weighted by Gasteiger charge is 2.31. The first-order chi connectivity index (χ1) is 11.2. The number of anilines is 1. The molecule has 130 valence electrons. The van der Waals surface area contributed by atoms with E-state index >= 15 is 0 Å². The van der Waals surface area contributed by atoms with E-state index in [0.29, 0.717) is 6.07 Å². The fourth-order valence-electron chi connectivity index (χ4n) is 1.96. The molecule has 0 saturated carbocycles.